The van der Waals surface area contributed by atoms with Crippen LogP contribution in [0.3, 0.4) is 0 Å². The van der Waals surface area contributed by atoms with Crippen LogP contribution < -0.4 is 10.6 Å². The molecular weight excluding hydrogens is 236 g/mol. The van der Waals surface area contributed by atoms with E-state index in [-0.39, 0.29) is 5.91 Å². The Kier molecular flexibility index (Phi) is 6.69. The molecule has 0 aromatic heterocycles. The number of rotatable bonds is 7. The first kappa shape index (κ1) is 14.8. The fourth-order valence-electron chi connectivity index (χ4n) is 3.17. The molecule has 2 rings (SSSR count). The summed E-state index contributed by atoms with van der Waals surface area (Å²) < 4.78 is 0. The van der Waals surface area contributed by atoms with Gasteiger partial charge >= 0.3 is 0 Å². The maximum atomic E-state index is 11.7. The van der Waals surface area contributed by atoms with E-state index >= 15 is 0 Å². The highest BCUT2D eigenvalue weighted by atomic mass is 16.1. The lowest BCUT2D eigenvalue weighted by Crippen LogP contribution is -2.37. The van der Waals surface area contributed by atoms with Crippen molar-refractivity contribution in [2.24, 2.45) is 5.92 Å². The zero-order chi connectivity index (χ0) is 13.3. The van der Waals surface area contributed by atoms with Crippen LogP contribution in [0.15, 0.2) is 0 Å². The number of carbonyl (C=O) groups excluding carboxylic acids is 1. The molecule has 1 amide bonds. The predicted octanol–water partition coefficient (Wildman–Crippen LogP) is 3.00. The number of nitrogens with one attached hydrogen (secondary N) is 2. The minimum Gasteiger partial charge on any atom is -0.355 e. The normalized spacial score (nSPS) is 21.7. The maximum absolute atomic E-state index is 11.7. The van der Waals surface area contributed by atoms with Crippen molar-refractivity contribution in [3.05, 3.63) is 0 Å². The van der Waals surface area contributed by atoms with Crippen LogP contribution in [-0.4, -0.2) is 25.0 Å². The lowest BCUT2D eigenvalue weighted by atomic mass is 9.82. The Morgan fingerprint density at radius 2 is 1.63 bits per heavy atom. The van der Waals surface area contributed by atoms with Crippen LogP contribution in [0, 0.1) is 5.92 Å². The third-order valence-electron chi connectivity index (χ3n) is 4.74. The van der Waals surface area contributed by atoms with Crippen LogP contribution in [0.5, 0.6) is 0 Å². The van der Waals surface area contributed by atoms with E-state index in [1.807, 2.05) is 0 Å². The highest BCUT2D eigenvalue weighted by Crippen LogP contribution is 2.30. The van der Waals surface area contributed by atoms with Crippen molar-refractivity contribution in [3.63, 3.8) is 0 Å². The standard InChI is InChI=1S/C16H30N2O/c19-16(11-10-14-6-5-7-14)18-13-12-17-15-8-3-1-2-4-9-15/h14-15,17H,1-13H2,(H,18,19). The average molecular weight is 266 g/mol. The topological polar surface area (TPSA) is 41.1 Å². The van der Waals surface area contributed by atoms with Gasteiger partial charge in [-0.05, 0) is 25.2 Å². The summed E-state index contributed by atoms with van der Waals surface area (Å²) in [5.74, 6) is 1.09. The first-order chi connectivity index (χ1) is 9.34. The van der Waals surface area contributed by atoms with Crippen LogP contribution in [0.2, 0.25) is 0 Å². The highest BCUT2D eigenvalue weighted by molar-refractivity contribution is 5.75. The van der Waals surface area contributed by atoms with Crippen LogP contribution in [0.25, 0.3) is 0 Å². The molecule has 2 saturated carbocycles. The molecule has 2 aliphatic carbocycles. The van der Waals surface area contributed by atoms with Gasteiger partial charge in [-0.15, -0.1) is 0 Å². The Labute approximate surface area is 117 Å². The molecule has 0 bridgehead atoms. The summed E-state index contributed by atoms with van der Waals surface area (Å²) in [6.07, 6.45) is 14.1. The summed E-state index contributed by atoms with van der Waals surface area (Å²) in [4.78, 5) is 11.7. The Hall–Kier alpha value is -0.570. The molecule has 19 heavy (non-hydrogen) atoms. The number of amides is 1. The van der Waals surface area contributed by atoms with Crippen molar-refractivity contribution in [1.29, 1.82) is 0 Å². The minimum absolute atomic E-state index is 0.245. The molecule has 0 unspecified atom stereocenters. The van der Waals surface area contributed by atoms with Gasteiger partial charge in [-0.1, -0.05) is 44.9 Å². The third kappa shape index (κ3) is 5.94. The number of carbonyl (C=O) groups is 1. The van der Waals surface area contributed by atoms with E-state index in [9.17, 15) is 4.79 Å². The fraction of sp³-hybridized carbons (Fsp3) is 0.938. The van der Waals surface area contributed by atoms with Crippen molar-refractivity contribution in [2.45, 2.75) is 76.7 Å². The van der Waals surface area contributed by atoms with Gasteiger partial charge in [-0.3, -0.25) is 4.79 Å². The third-order valence-corrected chi connectivity index (χ3v) is 4.74. The molecular formula is C16H30N2O. The van der Waals surface area contributed by atoms with Gasteiger partial charge in [0, 0.05) is 25.6 Å². The van der Waals surface area contributed by atoms with Gasteiger partial charge in [0.25, 0.3) is 0 Å². The van der Waals surface area contributed by atoms with Gasteiger partial charge in [0.05, 0.1) is 0 Å². The zero-order valence-corrected chi connectivity index (χ0v) is 12.3. The second-order valence-electron chi connectivity index (χ2n) is 6.33. The first-order valence-electron chi connectivity index (χ1n) is 8.34. The van der Waals surface area contributed by atoms with Crippen LogP contribution in [0.1, 0.15) is 70.6 Å². The van der Waals surface area contributed by atoms with Gasteiger partial charge in [-0.25, -0.2) is 0 Å². The molecule has 0 spiro atoms. The van der Waals surface area contributed by atoms with Gasteiger partial charge in [-0.2, -0.15) is 0 Å². The highest BCUT2D eigenvalue weighted by Gasteiger charge is 2.18. The Morgan fingerprint density at radius 3 is 2.26 bits per heavy atom. The van der Waals surface area contributed by atoms with E-state index in [0.29, 0.717) is 6.04 Å². The molecule has 0 atom stereocenters. The van der Waals surface area contributed by atoms with Gasteiger partial charge in [0.15, 0.2) is 0 Å². The average Bonchev–Trinajstić information content (AvgIpc) is 2.61. The summed E-state index contributed by atoms with van der Waals surface area (Å²) in [6.45, 7) is 1.72. The SMILES string of the molecule is O=C(CCC1CCC1)NCCNC1CCCCCC1. The van der Waals surface area contributed by atoms with Crippen molar-refractivity contribution in [1.82, 2.24) is 10.6 Å². The number of hydrogen-bond acceptors (Lipinski definition) is 2. The second-order valence-corrected chi connectivity index (χ2v) is 6.33. The molecule has 2 N–H and O–H groups in total. The van der Waals surface area contributed by atoms with Gasteiger partial charge < -0.3 is 10.6 Å². The lowest BCUT2D eigenvalue weighted by Gasteiger charge is -2.24. The van der Waals surface area contributed by atoms with Crippen molar-refractivity contribution in [2.75, 3.05) is 13.1 Å². The van der Waals surface area contributed by atoms with Crippen LogP contribution in [0.4, 0.5) is 0 Å². The van der Waals surface area contributed by atoms with Gasteiger partial charge in [0.2, 0.25) is 5.91 Å². The van der Waals surface area contributed by atoms with Crippen LogP contribution in [-0.2, 0) is 4.79 Å². The molecule has 2 fully saturated rings. The van der Waals surface area contributed by atoms with Crippen molar-refractivity contribution in [3.8, 4) is 0 Å². The molecule has 0 aromatic carbocycles. The Balaban J connectivity index is 1.44. The molecule has 0 aromatic rings. The van der Waals surface area contributed by atoms with Gasteiger partial charge in [0.1, 0.15) is 0 Å². The maximum Gasteiger partial charge on any atom is 0.220 e. The quantitative estimate of drug-likeness (QED) is 0.549. The Bertz CT molecular complexity index is 255. The van der Waals surface area contributed by atoms with E-state index in [0.717, 1.165) is 31.8 Å². The second kappa shape index (κ2) is 8.57. The summed E-state index contributed by atoms with van der Waals surface area (Å²) >= 11 is 0. The van der Waals surface area contributed by atoms with E-state index < -0.39 is 0 Å². The first-order valence-corrected chi connectivity index (χ1v) is 8.34. The van der Waals surface area contributed by atoms with E-state index in [1.165, 1.54) is 57.8 Å². The Morgan fingerprint density at radius 1 is 0.895 bits per heavy atom. The van der Waals surface area contributed by atoms with E-state index in [1.54, 1.807) is 0 Å². The molecule has 3 nitrogen and oxygen atoms in total. The summed E-state index contributed by atoms with van der Waals surface area (Å²) in [5.41, 5.74) is 0. The summed E-state index contributed by atoms with van der Waals surface area (Å²) in [6, 6.07) is 0.689. The molecule has 0 radical (unpaired) electrons. The zero-order valence-electron chi connectivity index (χ0n) is 12.3. The minimum atomic E-state index is 0.245. The largest absolute Gasteiger partial charge is 0.355 e. The molecule has 3 heteroatoms. The molecule has 0 aliphatic heterocycles. The smallest absolute Gasteiger partial charge is 0.220 e. The van der Waals surface area contributed by atoms with E-state index in [4.69, 9.17) is 0 Å². The summed E-state index contributed by atoms with van der Waals surface area (Å²) in [7, 11) is 0. The van der Waals surface area contributed by atoms with Crippen molar-refractivity contribution >= 4 is 5.91 Å². The molecule has 0 saturated heterocycles. The van der Waals surface area contributed by atoms with E-state index in [2.05, 4.69) is 10.6 Å². The van der Waals surface area contributed by atoms with Crippen LogP contribution >= 0.6 is 0 Å². The monoisotopic (exact) mass is 266 g/mol. The lowest BCUT2D eigenvalue weighted by molar-refractivity contribution is -0.121. The summed E-state index contributed by atoms with van der Waals surface area (Å²) in [5, 5.41) is 6.63. The molecule has 0 heterocycles. The fourth-order valence-corrected chi connectivity index (χ4v) is 3.17. The molecule has 2 aliphatic rings. The predicted molar refractivity (Wildman–Crippen MR) is 79.1 cm³/mol. The number of hydrogen-bond donors (Lipinski definition) is 2. The molecule has 110 valence electrons. The van der Waals surface area contributed by atoms with Crippen molar-refractivity contribution < 1.29 is 4.79 Å².